The molecule has 0 radical (unpaired) electrons. The molecule has 0 spiro atoms. The summed E-state index contributed by atoms with van der Waals surface area (Å²) in [5, 5.41) is 3.04. The second kappa shape index (κ2) is 7.03. The van der Waals surface area contributed by atoms with Gasteiger partial charge in [0.15, 0.2) is 5.82 Å². The van der Waals surface area contributed by atoms with Gasteiger partial charge in [-0.15, -0.1) is 0 Å². The Labute approximate surface area is 123 Å². The third kappa shape index (κ3) is 4.05. The topological polar surface area (TPSA) is 68.0 Å². The van der Waals surface area contributed by atoms with E-state index in [9.17, 15) is 4.79 Å². The van der Waals surface area contributed by atoms with Crippen LogP contribution < -0.4 is 11.1 Å². The van der Waals surface area contributed by atoms with Crippen LogP contribution in [0.2, 0.25) is 5.02 Å². The van der Waals surface area contributed by atoms with Gasteiger partial charge < -0.3 is 11.1 Å². The fourth-order valence-corrected chi connectivity index (χ4v) is 1.95. The van der Waals surface area contributed by atoms with Gasteiger partial charge >= 0.3 is 0 Å². The first-order valence-corrected chi connectivity index (χ1v) is 6.75. The van der Waals surface area contributed by atoms with E-state index in [1.54, 1.807) is 18.3 Å². The van der Waals surface area contributed by atoms with Crippen molar-refractivity contribution in [3.8, 4) is 0 Å². The van der Waals surface area contributed by atoms with Crippen LogP contribution in [-0.4, -0.2) is 16.9 Å². The Balaban J connectivity index is 1.88. The number of carbonyl (C=O) groups is 1. The molecule has 3 N–H and O–H groups in total. The highest BCUT2D eigenvalue weighted by molar-refractivity contribution is 6.33. The molecule has 0 bridgehead atoms. The molecule has 2 rings (SSSR count). The summed E-state index contributed by atoms with van der Waals surface area (Å²) in [7, 11) is 0. The van der Waals surface area contributed by atoms with E-state index in [4.69, 9.17) is 17.3 Å². The van der Waals surface area contributed by atoms with Gasteiger partial charge in [-0.2, -0.15) is 0 Å². The van der Waals surface area contributed by atoms with Crippen molar-refractivity contribution in [3.05, 3.63) is 59.2 Å². The predicted octanol–water partition coefficient (Wildman–Crippen LogP) is 2.63. The van der Waals surface area contributed by atoms with E-state index in [2.05, 4.69) is 10.3 Å². The zero-order chi connectivity index (χ0) is 14.4. The molecule has 1 aromatic carbocycles. The molecule has 1 aromatic heterocycles. The van der Waals surface area contributed by atoms with Gasteiger partial charge in [0.1, 0.15) is 0 Å². The number of hydrogen-bond donors (Lipinski definition) is 2. The molecule has 0 aliphatic carbocycles. The van der Waals surface area contributed by atoms with E-state index in [-0.39, 0.29) is 5.91 Å². The minimum absolute atomic E-state index is 0.276. The summed E-state index contributed by atoms with van der Waals surface area (Å²) in [5.41, 5.74) is 7.04. The van der Waals surface area contributed by atoms with Crippen molar-refractivity contribution in [1.29, 1.82) is 0 Å². The van der Waals surface area contributed by atoms with Crippen molar-refractivity contribution >= 4 is 23.3 Å². The normalized spacial score (nSPS) is 11.9. The summed E-state index contributed by atoms with van der Waals surface area (Å²) < 4.78 is 0. The van der Waals surface area contributed by atoms with Gasteiger partial charge in [0.25, 0.3) is 0 Å². The predicted molar refractivity (Wildman–Crippen MR) is 80.6 cm³/mol. The Morgan fingerprint density at radius 3 is 2.70 bits per heavy atom. The third-order valence-corrected chi connectivity index (χ3v) is 3.23. The molecular formula is C15H16ClN3O. The summed E-state index contributed by atoms with van der Waals surface area (Å²) >= 11 is 5.93. The van der Waals surface area contributed by atoms with E-state index in [1.807, 2.05) is 30.3 Å². The molecule has 0 fully saturated rings. The van der Waals surface area contributed by atoms with Crippen LogP contribution in [-0.2, 0) is 11.2 Å². The van der Waals surface area contributed by atoms with Crippen LogP contribution in [0, 0.1) is 0 Å². The number of pyridine rings is 1. The number of carbonyl (C=O) groups excluding carboxylic acids is 1. The van der Waals surface area contributed by atoms with E-state index in [1.165, 1.54) is 0 Å². The van der Waals surface area contributed by atoms with Gasteiger partial charge in [-0.1, -0.05) is 41.9 Å². The molecule has 5 heteroatoms. The minimum atomic E-state index is -0.590. The van der Waals surface area contributed by atoms with Gasteiger partial charge in [0, 0.05) is 6.20 Å². The second-order valence-electron chi connectivity index (χ2n) is 4.45. The summed E-state index contributed by atoms with van der Waals surface area (Å²) in [6.07, 6.45) is 2.89. The van der Waals surface area contributed by atoms with E-state index in [0.29, 0.717) is 17.3 Å². The maximum atomic E-state index is 12.0. The SMILES string of the molecule is NC(CCc1ccccc1)C(=O)Nc1ncccc1Cl. The van der Waals surface area contributed by atoms with Crippen molar-refractivity contribution in [2.24, 2.45) is 5.73 Å². The molecule has 20 heavy (non-hydrogen) atoms. The average molecular weight is 290 g/mol. The average Bonchev–Trinajstić information content (AvgIpc) is 2.48. The molecule has 1 amide bonds. The van der Waals surface area contributed by atoms with Crippen LogP contribution in [0.15, 0.2) is 48.7 Å². The molecule has 2 aromatic rings. The highest BCUT2D eigenvalue weighted by Gasteiger charge is 2.15. The smallest absolute Gasteiger partial charge is 0.242 e. The zero-order valence-corrected chi connectivity index (χ0v) is 11.7. The van der Waals surface area contributed by atoms with Crippen LogP contribution in [0.5, 0.6) is 0 Å². The molecule has 0 saturated heterocycles. The largest absolute Gasteiger partial charge is 0.320 e. The standard InChI is InChI=1S/C15H16ClN3O/c16-12-7-4-10-18-14(12)19-15(20)13(17)9-8-11-5-2-1-3-6-11/h1-7,10,13H,8-9,17H2,(H,18,19,20). The number of halogens is 1. The lowest BCUT2D eigenvalue weighted by atomic mass is 10.1. The molecular weight excluding hydrogens is 274 g/mol. The molecule has 1 atom stereocenters. The fraction of sp³-hybridized carbons (Fsp3) is 0.200. The second-order valence-corrected chi connectivity index (χ2v) is 4.86. The first-order valence-electron chi connectivity index (χ1n) is 6.37. The van der Waals surface area contributed by atoms with Crippen LogP contribution in [0.25, 0.3) is 0 Å². The summed E-state index contributed by atoms with van der Waals surface area (Å²) in [5.74, 6) is 0.0656. The summed E-state index contributed by atoms with van der Waals surface area (Å²) in [6, 6.07) is 12.7. The maximum absolute atomic E-state index is 12.0. The summed E-state index contributed by atoms with van der Waals surface area (Å²) in [6.45, 7) is 0. The van der Waals surface area contributed by atoms with Crippen LogP contribution >= 0.6 is 11.6 Å². The van der Waals surface area contributed by atoms with Crippen LogP contribution in [0.3, 0.4) is 0 Å². The Morgan fingerprint density at radius 2 is 2.00 bits per heavy atom. The molecule has 0 saturated carbocycles. The van der Waals surface area contributed by atoms with Gasteiger partial charge in [-0.05, 0) is 30.5 Å². The van der Waals surface area contributed by atoms with Gasteiger partial charge in [0.2, 0.25) is 5.91 Å². The number of nitrogens with one attached hydrogen (secondary N) is 1. The van der Waals surface area contributed by atoms with Crippen LogP contribution in [0.1, 0.15) is 12.0 Å². The van der Waals surface area contributed by atoms with Gasteiger partial charge in [-0.3, -0.25) is 4.79 Å². The van der Waals surface area contributed by atoms with Crippen molar-refractivity contribution in [2.75, 3.05) is 5.32 Å². The quantitative estimate of drug-likeness (QED) is 0.889. The number of nitrogens with zero attached hydrogens (tertiary/aromatic N) is 1. The first kappa shape index (κ1) is 14.5. The number of hydrogen-bond acceptors (Lipinski definition) is 3. The Kier molecular flexibility index (Phi) is 5.09. The van der Waals surface area contributed by atoms with Crippen LogP contribution in [0.4, 0.5) is 5.82 Å². The lowest BCUT2D eigenvalue weighted by Crippen LogP contribution is -2.36. The maximum Gasteiger partial charge on any atom is 0.242 e. The lowest BCUT2D eigenvalue weighted by molar-refractivity contribution is -0.117. The highest BCUT2D eigenvalue weighted by Crippen LogP contribution is 2.17. The molecule has 1 unspecified atom stereocenters. The summed E-state index contributed by atoms with van der Waals surface area (Å²) in [4.78, 5) is 16.0. The number of aryl methyl sites for hydroxylation is 1. The minimum Gasteiger partial charge on any atom is -0.320 e. The van der Waals surface area contributed by atoms with Crippen molar-refractivity contribution in [1.82, 2.24) is 4.98 Å². The monoisotopic (exact) mass is 289 g/mol. The number of amides is 1. The molecule has 4 nitrogen and oxygen atoms in total. The lowest BCUT2D eigenvalue weighted by Gasteiger charge is -2.12. The van der Waals surface area contributed by atoms with Gasteiger partial charge in [0.05, 0.1) is 11.1 Å². The Morgan fingerprint density at radius 1 is 1.25 bits per heavy atom. The zero-order valence-electron chi connectivity index (χ0n) is 10.9. The molecule has 0 aliphatic heterocycles. The number of aromatic nitrogens is 1. The van der Waals surface area contributed by atoms with Gasteiger partial charge in [-0.25, -0.2) is 4.98 Å². The Bertz CT molecular complexity index is 574. The molecule has 1 heterocycles. The van der Waals surface area contributed by atoms with Crippen molar-refractivity contribution in [3.63, 3.8) is 0 Å². The molecule has 104 valence electrons. The Hall–Kier alpha value is -1.91. The van der Waals surface area contributed by atoms with E-state index in [0.717, 1.165) is 12.0 Å². The van der Waals surface area contributed by atoms with Crippen molar-refractivity contribution < 1.29 is 4.79 Å². The van der Waals surface area contributed by atoms with Crippen molar-refractivity contribution in [2.45, 2.75) is 18.9 Å². The number of anilines is 1. The first-order chi connectivity index (χ1) is 9.66. The number of nitrogens with two attached hydrogens (primary N) is 1. The fourth-order valence-electron chi connectivity index (χ4n) is 1.79. The van der Waals surface area contributed by atoms with E-state index >= 15 is 0 Å². The highest BCUT2D eigenvalue weighted by atomic mass is 35.5. The number of rotatable bonds is 5. The number of benzene rings is 1. The third-order valence-electron chi connectivity index (χ3n) is 2.92. The molecule has 0 aliphatic rings. The van der Waals surface area contributed by atoms with E-state index < -0.39 is 6.04 Å².